The second kappa shape index (κ2) is 8.34. The molecule has 2 aromatic carbocycles. The van der Waals surface area contributed by atoms with Crippen molar-refractivity contribution in [2.75, 3.05) is 26.3 Å². The second-order valence-electron chi connectivity index (χ2n) is 5.49. The normalized spacial score (nSPS) is 13.8. The summed E-state index contributed by atoms with van der Waals surface area (Å²) < 4.78 is 25.6. The van der Waals surface area contributed by atoms with Gasteiger partial charge in [0.15, 0.2) is 0 Å². The molecule has 0 saturated heterocycles. The lowest BCUT2D eigenvalue weighted by Gasteiger charge is -2.18. The van der Waals surface area contributed by atoms with Crippen molar-refractivity contribution in [1.29, 1.82) is 0 Å². The SMILES string of the molecule is Fc1cccc(OCCCOc2ccccc2)c1C1=NCCCN1. The molecular weight excluding hydrogens is 307 g/mol. The Hall–Kier alpha value is -2.56. The van der Waals surface area contributed by atoms with E-state index >= 15 is 0 Å². The number of nitrogens with zero attached hydrogens (tertiary/aromatic N) is 1. The Balaban J connectivity index is 1.55. The van der Waals surface area contributed by atoms with E-state index in [1.165, 1.54) is 6.07 Å². The maximum atomic E-state index is 14.2. The van der Waals surface area contributed by atoms with E-state index in [2.05, 4.69) is 10.3 Å². The number of para-hydroxylation sites is 1. The van der Waals surface area contributed by atoms with Crippen LogP contribution in [0.4, 0.5) is 4.39 Å². The van der Waals surface area contributed by atoms with Crippen molar-refractivity contribution in [2.24, 2.45) is 4.99 Å². The first-order valence-corrected chi connectivity index (χ1v) is 8.22. The van der Waals surface area contributed by atoms with Gasteiger partial charge >= 0.3 is 0 Å². The van der Waals surface area contributed by atoms with E-state index in [9.17, 15) is 4.39 Å². The van der Waals surface area contributed by atoms with Crippen molar-refractivity contribution in [2.45, 2.75) is 12.8 Å². The van der Waals surface area contributed by atoms with Gasteiger partial charge in [0.1, 0.15) is 23.2 Å². The lowest BCUT2D eigenvalue weighted by molar-refractivity contribution is 0.246. The molecule has 0 aromatic heterocycles. The van der Waals surface area contributed by atoms with Crippen LogP contribution in [0.1, 0.15) is 18.4 Å². The highest BCUT2D eigenvalue weighted by Crippen LogP contribution is 2.23. The van der Waals surface area contributed by atoms with Gasteiger partial charge in [0.2, 0.25) is 0 Å². The van der Waals surface area contributed by atoms with E-state index in [-0.39, 0.29) is 5.82 Å². The predicted octanol–water partition coefficient (Wildman–Crippen LogP) is 3.41. The standard InChI is InChI=1S/C19H21FN2O2/c20-16-9-4-10-17(18(16)19-21-11-5-12-22-19)24-14-6-13-23-15-7-2-1-3-8-15/h1-4,7-10H,5-6,11-14H2,(H,21,22). The first kappa shape index (κ1) is 16.3. The third-order valence-corrected chi connectivity index (χ3v) is 3.67. The van der Waals surface area contributed by atoms with Crippen molar-refractivity contribution in [3.63, 3.8) is 0 Å². The third-order valence-electron chi connectivity index (χ3n) is 3.67. The Morgan fingerprint density at radius 2 is 1.83 bits per heavy atom. The number of nitrogens with one attached hydrogen (secondary N) is 1. The number of amidine groups is 1. The molecule has 1 aliphatic heterocycles. The van der Waals surface area contributed by atoms with Crippen LogP contribution < -0.4 is 14.8 Å². The summed E-state index contributed by atoms with van der Waals surface area (Å²) in [6.45, 7) is 2.52. The monoisotopic (exact) mass is 328 g/mol. The number of hydrogen-bond acceptors (Lipinski definition) is 4. The van der Waals surface area contributed by atoms with Crippen LogP contribution in [0.25, 0.3) is 0 Å². The second-order valence-corrected chi connectivity index (χ2v) is 5.49. The third kappa shape index (κ3) is 4.25. The Kier molecular flexibility index (Phi) is 5.66. The van der Waals surface area contributed by atoms with Gasteiger partial charge in [0.25, 0.3) is 0 Å². The van der Waals surface area contributed by atoms with Crippen molar-refractivity contribution in [1.82, 2.24) is 5.32 Å². The van der Waals surface area contributed by atoms with Crippen LogP contribution in [0.5, 0.6) is 11.5 Å². The Bertz CT molecular complexity index is 689. The smallest absolute Gasteiger partial charge is 0.137 e. The summed E-state index contributed by atoms with van der Waals surface area (Å²) in [5.74, 6) is 1.61. The zero-order valence-electron chi connectivity index (χ0n) is 13.5. The van der Waals surface area contributed by atoms with Gasteiger partial charge in [0, 0.05) is 19.5 Å². The van der Waals surface area contributed by atoms with Gasteiger partial charge in [-0.3, -0.25) is 4.99 Å². The van der Waals surface area contributed by atoms with Crippen LogP contribution in [0.3, 0.4) is 0 Å². The lowest BCUT2D eigenvalue weighted by atomic mass is 10.1. The van der Waals surface area contributed by atoms with Gasteiger partial charge in [-0.05, 0) is 30.7 Å². The summed E-state index contributed by atoms with van der Waals surface area (Å²) in [7, 11) is 0. The van der Waals surface area contributed by atoms with E-state index in [1.54, 1.807) is 12.1 Å². The van der Waals surface area contributed by atoms with E-state index in [4.69, 9.17) is 9.47 Å². The minimum Gasteiger partial charge on any atom is -0.493 e. The topological polar surface area (TPSA) is 42.9 Å². The molecule has 0 radical (unpaired) electrons. The van der Waals surface area contributed by atoms with E-state index < -0.39 is 0 Å². The molecule has 126 valence electrons. The van der Waals surface area contributed by atoms with E-state index in [0.717, 1.165) is 18.7 Å². The number of rotatable bonds is 7. The number of aliphatic imine (C=N–C) groups is 1. The molecule has 0 unspecified atom stereocenters. The molecule has 0 fully saturated rings. The maximum Gasteiger partial charge on any atom is 0.137 e. The highest BCUT2D eigenvalue weighted by Gasteiger charge is 2.17. The van der Waals surface area contributed by atoms with Gasteiger partial charge in [-0.1, -0.05) is 24.3 Å². The van der Waals surface area contributed by atoms with Crippen LogP contribution in [-0.2, 0) is 0 Å². The Labute approximate surface area is 141 Å². The fourth-order valence-electron chi connectivity index (χ4n) is 2.50. The minimum absolute atomic E-state index is 0.318. The van der Waals surface area contributed by atoms with Gasteiger partial charge < -0.3 is 14.8 Å². The fraction of sp³-hybridized carbons (Fsp3) is 0.316. The molecule has 2 aromatic rings. The van der Waals surface area contributed by atoms with Crippen LogP contribution in [0.15, 0.2) is 53.5 Å². The molecule has 5 heteroatoms. The van der Waals surface area contributed by atoms with Gasteiger partial charge in [-0.2, -0.15) is 0 Å². The summed E-state index contributed by atoms with van der Waals surface area (Å²) in [6, 6.07) is 14.5. The molecule has 0 atom stereocenters. The van der Waals surface area contributed by atoms with Gasteiger partial charge in [-0.25, -0.2) is 4.39 Å². The van der Waals surface area contributed by atoms with E-state index in [0.29, 0.717) is 43.3 Å². The van der Waals surface area contributed by atoms with Crippen LogP contribution in [-0.4, -0.2) is 32.1 Å². The summed E-state index contributed by atoms with van der Waals surface area (Å²) in [4.78, 5) is 4.37. The number of benzene rings is 2. The quantitative estimate of drug-likeness (QED) is 0.792. The highest BCUT2D eigenvalue weighted by atomic mass is 19.1. The molecule has 24 heavy (non-hydrogen) atoms. The summed E-state index contributed by atoms with van der Waals surface area (Å²) >= 11 is 0. The van der Waals surface area contributed by atoms with Crippen LogP contribution in [0, 0.1) is 5.82 Å². The van der Waals surface area contributed by atoms with Crippen LogP contribution >= 0.6 is 0 Å². The zero-order valence-corrected chi connectivity index (χ0v) is 13.5. The number of hydrogen-bond donors (Lipinski definition) is 1. The summed E-state index contributed by atoms with van der Waals surface area (Å²) in [6.07, 6.45) is 1.68. The van der Waals surface area contributed by atoms with Gasteiger partial charge in [-0.15, -0.1) is 0 Å². The molecule has 1 aliphatic rings. The molecule has 0 amide bonds. The molecule has 0 bridgehead atoms. The fourth-order valence-corrected chi connectivity index (χ4v) is 2.50. The summed E-state index contributed by atoms with van der Waals surface area (Å²) in [5.41, 5.74) is 0.418. The van der Waals surface area contributed by atoms with Crippen molar-refractivity contribution >= 4 is 5.84 Å². The minimum atomic E-state index is -0.318. The lowest BCUT2D eigenvalue weighted by Crippen LogP contribution is -2.31. The van der Waals surface area contributed by atoms with E-state index in [1.807, 2.05) is 30.3 Å². The first-order chi connectivity index (χ1) is 11.8. The average Bonchev–Trinajstić information content (AvgIpc) is 2.63. The molecule has 0 saturated carbocycles. The highest BCUT2D eigenvalue weighted by molar-refractivity contribution is 6.01. The van der Waals surface area contributed by atoms with Crippen molar-refractivity contribution < 1.29 is 13.9 Å². The van der Waals surface area contributed by atoms with Crippen LogP contribution in [0.2, 0.25) is 0 Å². The largest absolute Gasteiger partial charge is 0.493 e. The predicted molar refractivity (Wildman–Crippen MR) is 92.5 cm³/mol. The molecule has 0 spiro atoms. The maximum absolute atomic E-state index is 14.2. The Morgan fingerprint density at radius 1 is 1.00 bits per heavy atom. The van der Waals surface area contributed by atoms with Crippen molar-refractivity contribution in [3.8, 4) is 11.5 Å². The number of halogens is 1. The Morgan fingerprint density at radius 3 is 2.62 bits per heavy atom. The average molecular weight is 328 g/mol. The number of ether oxygens (including phenoxy) is 2. The molecule has 0 aliphatic carbocycles. The first-order valence-electron chi connectivity index (χ1n) is 8.22. The molecule has 3 rings (SSSR count). The molecular formula is C19H21FN2O2. The zero-order chi connectivity index (χ0) is 16.6. The van der Waals surface area contributed by atoms with Gasteiger partial charge in [0.05, 0.1) is 18.8 Å². The summed E-state index contributed by atoms with van der Waals surface area (Å²) in [5, 5.41) is 3.15. The van der Waals surface area contributed by atoms with Crippen molar-refractivity contribution in [3.05, 3.63) is 59.9 Å². The molecule has 4 nitrogen and oxygen atoms in total. The molecule has 1 N–H and O–H groups in total. The molecule has 1 heterocycles.